The van der Waals surface area contributed by atoms with Crippen LogP contribution in [0, 0.1) is 0 Å². The zero-order valence-corrected chi connectivity index (χ0v) is 14.3. The van der Waals surface area contributed by atoms with Crippen LogP contribution in [0.3, 0.4) is 0 Å². The van der Waals surface area contributed by atoms with E-state index in [2.05, 4.69) is 45.2 Å². The van der Waals surface area contributed by atoms with E-state index in [4.69, 9.17) is 11.6 Å². The lowest BCUT2D eigenvalue weighted by molar-refractivity contribution is 0.267. The van der Waals surface area contributed by atoms with Gasteiger partial charge >= 0.3 is 0 Å². The van der Waals surface area contributed by atoms with Gasteiger partial charge in [-0.1, -0.05) is 31.4 Å². The molecule has 1 aliphatic carbocycles. The van der Waals surface area contributed by atoms with Crippen molar-refractivity contribution in [2.75, 3.05) is 18.0 Å². The number of hydrogen-bond donors (Lipinski definition) is 1. The van der Waals surface area contributed by atoms with E-state index in [9.17, 15) is 0 Å². The molecule has 0 amide bonds. The lowest BCUT2D eigenvalue weighted by Gasteiger charge is -2.47. The predicted molar refractivity (Wildman–Crippen MR) is 89.8 cm³/mol. The van der Waals surface area contributed by atoms with Crippen LogP contribution in [0.4, 0.5) is 5.69 Å². The smallest absolute Gasteiger partial charge is 0.0529 e. The van der Waals surface area contributed by atoms with Crippen molar-refractivity contribution in [3.63, 3.8) is 0 Å². The summed E-state index contributed by atoms with van der Waals surface area (Å²) in [6.07, 6.45) is 6.47. The molecule has 1 heterocycles. The van der Waals surface area contributed by atoms with E-state index in [0.717, 1.165) is 29.0 Å². The van der Waals surface area contributed by atoms with E-state index >= 15 is 0 Å². The Kier molecular flexibility index (Phi) is 4.30. The number of nitrogens with one attached hydrogen (secondary N) is 1. The summed E-state index contributed by atoms with van der Waals surface area (Å²) in [6, 6.07) is 6.66. The molecule has 2 fully saturated rings. The Bertz CT molecular complexity index is 485. The number of halogens is 2. The number of nitrogens with zero attached hydrogens (tertiary/aromatic N) is 1. The Balaban J connectivity index is 1.92. The molecule has 110 valence electrons. The van der Waals surface area contributed by atoms with Crippen molar-refractivity contribution in [1.82, 2.24) is 5.32 Å². The second-order valence-electron chi connectivity index (χ2n) is 6.15. The highest BCUT2D eigenvalue weighted by molar-refractivity contribution is 9.10. The fourth-order valence-electron chi connectivity index (χ4n) is 3.69. The third kappa shape index (κ3) is 2.72. The fourth-order valence-corrected chi connectivity index (χ4v) is 4.34. The van der Waals surface area contributed by atoms with E-state index in [1.165, 1.54) is 31.4 Å². The molecule has 1 aromatic rings. The first-order valence-corrected chi connectivity index (χ1v) is 8.77. The summed E-state index contributed by atoms with van der Waals surface area (Å²) in [5, 5.41) is 4.66. The van der Waals surface area contributed by atoms with Gasteiger partial charge in [0.1, 0.15) is 0 Å². The first-order chi connectivity index (χ1) is 9.63. The molecule has 2 aliphatic rings. The van der Waals surface area contributed by atoms with Gasteiger partial charge in [-0.15, -0.1) is 0 Å². The summed E-state index contributed by atoms with van der Waals surface area (Å²) in [6.45, 7) is 4.45. The standard InChI is InChI=1S/C16H22BrClN2/c1-2-13-10-19-16(7-3-4-8-16)11-20(13)15-9-12(18)5-6-14(15)17/h5-6,9,13,19H,2-4,7-8,10-11H2,1H3. The monoisotopic (exact) mass is 356 g/mol. The highest BCUT2D eigenvalue weighted by Gasteiger charge is 2.41. The minimum Gasteiger partial charge on any atom is -0.364 e. The van der Waals surface area contributed by atoms with Crippen LogP contribution in [-0.2, 0) is 0 Å². The molecule has 1 N–H and O–H groups in total. The van der Waals surface area contributed by atoms with E-state index in [1.54, 1.807) is 0 Å². The molecular formula is C16H22BrClN2. The van der Waals surface area contributed by atoms with Gasteiger partial charge in [0.25, 0.3) is 0 Å². The zero-order valence-electron chi connectivity index (χ0n) is 12.0. The number of anilines is 1. The lowest BCUT2D eigenvalue weighted by atomic mass is 9.91. The first kappa shape index (κ1) is 14.7. The molecule has 1 unspecified atom stereocenters. The summed E-state index contributed by atoms with van der Waals surface area (Å²) in [4.78, 5) is 2.57. The van der Waals surface area contributed by atoms with Gasteiger partial charge in [0, 0.05) is 34.2 Å². The number of hydrogen-bond acceptors (Lipinski definition) is 2. The molecule has 1 aliphatic heterocycles. The van der Waals surface area contributed by atoms with Gasteiger partial charge in [-0.05, 0) is 53.4 Å². The summed E-state index contributed by atoms with van der Waals surface area (Å²) < 4.78 is 1.15. The molecule has 0 radical (unpaired) electrons. The van der Waals surface area contributed by atoms with E-state index in [-0.39, 0.29) is 0 Å². The molecule has 1 aromatic carbocycles. The SMILES string of the molecule is CCC1CNC2(CCCC2)CN1c1cc(Cl)ccc1Br. The second kappa shape index (κ2) is 5.86. The van der Waals surface area contributed by atoms with Gasteiger partial charge in [-0.3, -0.25) is 0 Å². The number of piperazine rings is 1. The van der Waals surface area contributed by atoms with Crippen molar-refractivity contribution in [2.24, 2.45) is 0 Å². The summed E-state index contributed by atoms with van der Waals surface area (Å²) >= 11 is 9.91. The van der Waals surface area contributed by atoms with Crippen molar-refractivity contribution >= 4 is 33.2 Å². The Hall–Kier alpha value is -0.250. The van der Waals surface area contributed by atoms with Crippen molar-refractivity contribution in [1.29, 1.82) is 0 Å². The lowest BCUT2D eigenvalue weighted by Crippen LogP contribution is -2.63. The molecular weight excluding hydrogens is 336 g/mol. The molecule has 4 heteroatoms. The molecule has 20 heavy (non-hydrogen) atoms. The molecule has 1 atom stereocenters. The molecule has 0 bridgehead atoms. The number of rotatable bonds is 2. The van der Waals surface area contributed by atoms with Crippen LogP contribution in [0.1, 0.15) is 39.0 Å². The highest BCUT2D eigenvalue weighted by Crippen LogP contribution is 2.38. The van der Waals surface area contributed by atoms with Crippen LogP contribution >= 0.6 is 27.5 Å². The molecule has 0 aromatic heterocycles. The summed E-state index contributed by atoms with van der Waals surface area (Å²) in [5.74, 6) is 0. The van der Waals surface area contributed by atoms with Crippen molar-refractivity contribution in [2.45, 2.75) is 50.6 Å². The van der Waals surface area contributed by atoms with E-state index in [1.807, 2.05) is 6.07 Å². The van der Waals surface area contributed by atoms with Crippen LogP contribution in [0.2, 0.25) is 5.02 Å². The van der Waals surface area contributed by atoms with Gasteiger partial charge < -0.3 is 10.2 Å². The van der Waals surface area contributed by atoms with Gasteiger partial charge in [-0.25, -0.2) is 0 Å². The molecule has 2 nitrogen and oxygen atoms in total. The fraction of sp³-hybridized carbons (Fsp3) is 0.625. The topological polar surface area (TPSA) is 15.3 Å². The Morgan fingerprint density at radius 2 is 2.15 bits per heavy atom. The minimum atomic E-state index is 0.327. The minimum absolute atomic E-state index is 0.327. The third-order valence-corrected chi connectivity index (χ3v) is 5.78. The first-order valence-electron chi connectivity index (χ1n) is 7.60. The normalized spacial score (nSPS) is 25.4. The molecule has 1 spiro atoms. The van der Waals surface area contributed by atoms with Crippen LogP contribution in [0.25, 0.3) is 0 Å². The van der Waals surface area contributed by atoms with Crippen LogP contribution in [-0.4, -0.2) is 24.7 Å². The maximum Gasteiger partial charge on any atom is 0.0529 e. The van der Waals surface area contributed by atoms with E-state index < -0.39 is 0 Å². The van der Waals surface area contributed by atoms with Crippen LogP contribution < -0.4 is 10.2 Å². The second-order valence-corrected chi connectivity index (χ2v) is 7.44. The van der Waals surface area contributed by atoms with Crippen molar-refractivity contribution in [3.05, 3.63) is 27.7 Å². The van der Waals surface area contributed by atoms with Crippen molar-refractivity contribution in [3.8, 4) is 0 Å². The molecule has 3 rings (SSSR count). The quantitative estimate of drug-likeness (QED) is 0.832. The van der Waals surface area contributed by atoms with Crippen LogP contribution in [0.5, 0.6) is 0 Å². The average molecular weight is 358 g/mol. The van der Waals surface area contributed by atoms with E-state index in [0.29, 0.717) is 11.6 Å². The number of benzene rings is 1. The Morgan fingerprint density at radius 3 is 2.85 bits per heavy atom. The van der Waals surface area contributed by atoms with Gasteiger partial charge in [0.2, 0.25) is 0 Å². The van der Waals surface area contributed by atoms with Crippen LogP contribution in [0.15, 0.2) is 22.7 Å². The van der Waals surface area contributed by atoms with Gasteiger partial charge in [-0.2, -0.15) is 0 Å². The highest BCUT2D eigenvalue weighted by atomic mass is 79.9. The predicted octanol–water partition coefficient (Wildman–Crippen LogP) is 4.60. The maximum absolute atomic E-state index is 6.21. The molecule has 1 saturated heterocycles. The Labute approximate surface area is 135 Å². The largest absolute Gasteiger partial charge is 0.364 e. The van der Waals surface area contributed by atoms with Crippen molar-refractivity contribution < 1.29 is 0 Å². The van der Waals surface area contributed by atoms with Gasteiger partial charge in [0.15, 0.2) is 0 Å². The zero-order chi connectivity index (χ0) is 14.2. The summed E-state index contributed by atoms with van der Waals surface area (Å²) in [7, 11) is 0. The summed E-state index contributed by atoms with van der Waals surface area (Å²) in [5.41, 5.74) is 1.57. The van der Waals surface area contributed by atoms with Gasteiger partial charge in [0.05, 0.1) is 5.69 Å². The maximum atomic E-state index is 6.21. The Morgan fingerprint density at radius 1 is 1.40 bits per heavy atom. The third-order valence-electron chi connectivity index (χ3n) is 4.88. The molecule has 1 saturated carbocycles. The average Bonchev–Trinajstić information content (AvgIpc) is 2.90.